The number of rotatable bonds is 2. The number of aliphatic hydroxyl groups excluding tert-OH is 1. The van der Waals surface area contributed by atoms with Crippen molar-refractivity contribution in [1.29, 1.82) is 0 Å². The molecule has 0 saturated carbocycles. The topological polar surface area (TPSA) is 83.1 Å². The number of nitrogens with zero attached hydrogens (tertiary/aromatic N) is 3. The summed E-state index contributed by atoms with van der Waals surface area (Å²) >= 11 is 0. The van der Waals surface area contributed by atoms with Crippen LogP contribution in [0.2, 0.25) is 0 Å². The molecule has 2 aliphatic heterocycles. The lowest BCUT2D eigenvalue weighted by molar-refractivity contribution is 0.0303. The van der Waals surface area contributed by atoms with Crippen LogP contribution in [0.4, 0.5) is 0 Å². The van der Waals surface area contributed by atoms with Gasteiger partial charge in [-0.3, -0.25) is 0 Å². The van der Waals surface area contributed by atoms with E-state index in [1.807, 2.05) is 30.3 Å². The van der Waals surface area contributed by atoms with Crippen LogP contribution >= 0.6 is 0 Å². The van der Waals surface area contributed by atoms with Crippen LogP contribution in [0.5, 0.6) is 0 Å². The van der Waals surface area contributed by atoms with Crippen molar-refractivity contribution in [3.63, 3.8) is 0 Å². The molecule has 2 N–H and O–H groups in total. The molecular formula is C17H24N4O3. The van der Waals surface area contributed by atoms with Gasteiger partial charge >= 0.3 is 0 Å². The van der Waals surface area contributed by atoms with E-state index in [0.717, 1.165) is 49.3 Å². The molecule has 0 amide bonds. The minimum absolute atomic E-state index is 0. The first-order chi connectivity index (χ1) is 11.8. The Kier molecular flexibility index (Phi) is 5.12. The monoisotopic (exact) mass is 332 g/mol. The van der Waals surface area contributed by atoms with Crippen molar-refractivity contribution in [3.05, 3.63) is 41.8 Å². The highest BCUT2D eigenvalue weighted by atomic mass is 16.7. The van der Waals surface area contributed by atoms with Crippen LogP contribution in [0.1, 0.15) is 26.2 Å². The largest absolute Gasteiger partial charge is 0.439 e. The molecule has 0 aliphatic carbocycles. The number of amidine groups is 1. The molecule has 0 saturated heterocycles. The minimum atomic E-state index is 0. The minimum Gasteiger partial charge on any atom is -0.439 e. The van der Waals surface area contributed by atoms with Crippen LogP contribution in [-0.2, 0) is 17.8 Å². The Balaban J connectivity index is 0.000000726. The van der Waals surface area contributed by atoms with E-state index >= 15 is 0 Å². The van der Waals surface area contributed by atoms with Gasteiger partial charge in [0.1, 0.15) is 11.9 Å². The zero-order valence-electron chi connectivity index (χ0n) is 13.9. The molecule has 3 heterocycles. The number of aromatic nitrogens is 1. The second-order valence-electron chi connectivity index (χ2n) is 5.50. The highest BCUT2D eigenvalue weighted by Gasteiger charge is 2.31. The Morgan fingerprint density at radius 1 is 1.33 bits per heavy atom. The average molecular weight is 332 g/mol. The predicted molar refractivity (Wildman–Crippen MR) is 92.0 cm³/mol. The molecule has 2 aromatic rings. The van der Waals surface area contributed by atoms with Crippen molar-refractivity contribution in [2.24, 2.45) is 5.10 Å². The highest BCUT2D eigenvalue weighted by Crippen LogP contribution is 2.27. The van der Waals surface area contributed by atoms with Gasteiger partial charge in [0.15, 0.2) is 5.84 Å². The summed E-state index contributed by atoms with van der Waals surface area (Å²) in [5.41, 5.74) is 4.69. The van der Waals surface area contributed by atoms with Gasteiger partial charge in [-0.05, 0) is 18.6 Å². The Hall–Kier alpha value is -2.38. The maximum absolute atomic E-state index is 7.00. The number of benzene rings is 1. The predicted octanol–water partition coefficient (Wildman–Crippen LogP) is 2.18. The molecule has 2 aliphatic rings. The van der Waals surface area contributed by atoms with Crippen molar-refractivity contribution in [2.75, 3.05) is 13.7 Å². The molecule has 0 fully saturated rings. The van der Waals surface area contributed by atoms with E-state index in [0.29, 0.717) is 12.4 Å². The Morgan fingerprint density at radius 3 is 2.88 bits per heavy atom. The molecule has 1 atom stereocenters. The van der Waals surface area contributed by atoms with E-state index in [2.05, 4.69) is 27.5 Å². The summed E-state index contributed by atoms with van der Waals surface area (Å²) < 4.78 is 5.98. The van der Waals surface area contributed by atoms with Gasteiger partial charge in [-0.1, -0.05) is 25.1 Å². The third kappa shape index (κ3) is 3.13. The molecule has 1 aromatic carbocycles. The molecule has 7 heteroatoms. The molecule has 0 unspecified atom stereocenters. The zero-order chi connectivity index (χ0) is 16.9. The van der Waals surface area contributed by atoms with Gasteiger partial charge in [-0.15, -0.1) is 5.10 Å². The molecular weight excluding hydrogens is 308 g/mol. The summed E-state index contributed by atoms with van der Waals surface area (Å²) in [4.78, 5) is 12.2. The highest BCUT2D eigenvalue weighted by molar-refractivity contribution is 5.87. The first-order valence-electron chi connectivity index (χ1n) is 8.07. The number of hydrogen-bond donors (Lipinski definition) is 2. The lowest BCUT2D eigenvalue weighted by Gasteiger charge is -2.28. The third-order valence-electron chi connectivity index (χ3n) is 4.09. The van der Waals surface area contributed by atoms with Gasteiger partial charge in [-0.25, -0.2) is 9.82 Å². The van der Waals surface area contributed by atoms with Crippen molar-refractivity contribution >= 4 is 5.84 Å². The molecule has 0 spiro atoms. The third-order valence-corrected chi connectivity index (χ3v) is 4.09. The standard InChI is InChI=1S/C16H18N4O2.CH4O.H2/c1-2-13-15(18-19-22-13)20-9-8-12-14(10-20)21-16(17-12)11-6-4-3-5-7-11;1-2;/h3-7,13,19H,2,8-10H2,1H3;2H,1H3;1H/t13-;;/m1../s1. The molecule has 0 bridgehead atoms. The zero-order valence-corrected chi connectivity index (χ0v) is 13.9. The number of oxazole rings is 1. The van der Waals surface area contributed by atoms with Gasteiger partial charge in [-0.2, -0.15) is 5.59 Å². The molecule has 0 radical (unpaired) electrons. The maximum Gasteiger partial charge on any atom is 0.226 e. The number of nitrogens with one attached hydrogen (secondary N) is 1. The SMILES string of the molecule is CC[C@H]1ONN=C1N1CCc2nc(-c3ccccc3)oc2C1.CO.[HH]. The van der Waals surface area contributed by atoms with E-state index in [1.54, 1.807) is 0 Å². The summed E-state index contributed by atoms with van der Waals surface area (Å²) in [5, 5.41) is 11.3. The maximum atomic E-state index is 7.00. The second kappa shape index (κ2) is 7.46. The van der Waals surface area contributed by atoms with Crippen LogP contribution in [-0.4, -0.2) is 40.6 Å². The van der Waals surface area contributed by atoms with Crippen molar-refractivity contribution in [1.82, 2.24) is 15.5 Å². The average Bonchev–Trinajstić information content (AvgIpc) is 3.30. The van der Waals surface area contributed by atoms with Gasteiger partial charge in [0, 0.05) is 27.1 Å². The summed E-state index contributed by atoms with van der Waals surface area (Å²) in [6.45, 7) is 3.66. The van der Waals surface area contributed by atoms with Crippen LogP contribution in [0.25, 0.3) is 11.5 Å². The first-order valence-corrected chi connectivity index (χ1v) is 8.07. The first kappa shape index (κ1) is 16.5. The molecule has 24 heavy (non-hydrogen) atoms. The Labute approximate surface area is 142 Å². The summed E-state index contributed by atoms with van der Waals surface area (Å²) in [6, 6.07) is 10.0. The van der Waals surface area contributed by atoms with Crippen molar-refractivity contribution in [3.8, 4) is 11.5 Å². The van der Waals surface area contributed by atoms with Gasteiger partial charge in [0.25, 0.3) is 0 Å². The summed E-state index contributed by atoms with van der Waals surface area (Å²) in [6.07, 6.45) is 1.76. The molecule has 130 valence electrons. The molecule has 4 rings (SSSR count). The fourth-order valence-corrected chi connectivity index (χ4v) is 2.90. The van der Waals surface area contributed by atoms with Gasteiger partial charge < -0.3 is 14.4 Å². The summed E-state index contributed by atoms with van der Waals surface area (Å²) in [5.74, 6) is 2.57. The van der Waals surface area contributed by atoms with E-state index in [9.17, 15) is 0 Å². The van der Waals surface area contributed by atoms with Crippen LogP contribution in [0.3, 0.4) is 0 Å². The lowest BCUT2D eigenvalue weighted by atomic mass is 10.1. The van der Waals surface area contributed by atoms with Crippen LogP contribution < -0.4 is 5.59 Å². The van der Waals surface area contributed by atoms with E-state index in [-0.39, 0.29) is 7.53 Å². The lowest BCUT2D eigenvalue weighted by Crippen LogP contribution is -2.40. The number of fused-ring (bicyclic) bond motifs is 1. The van der Waals surface area contributed by atoms with E-state index < -0.39 is 0 Å². The number of aliphatic hydroxyl groups is 1. The number of hydrazone groups is 1. The Bertz CT molecular complexity index is 705. The van der Waals surface area contributed by atoms with E-state index in [4.69, 9.17) is 14.4 Å². The second-order valence-corrected chi connectivity index (χ2v) is 5.50. The smallest absolute Gasteiger partial charge is 0.226 e. The van der Waals surface area contributed by atoms with Crippen molar-refractivity contribution < 1.29 is 15.8 Å². The van der Waals surface area contributed by atoms with Gasteiger partial charge in [0.05, 0.1) is 12.2 Å². The normalized spacial score (nSPS) is 19.0. The Morgan fingerprint density at radius 2 is 2.12 bits per heavy atom. The number of hydrogen-bond acceptors (Lipinski definition) is 7. The molecule has 1 aromatic heterocycles. The van der Waals surface area contributed by atoms with Gasteiger partial charge in [0.2, 0.25) is 5.89 Å². The van der Waals surface area contributed by atoms with Crippen LogP contribution in [0.15, 0.2) is 39.9 Å². The fourth-order valence-electron chi connectivity index (χ4n) is 2.90. The molecule has 7 nitrogen and oxygen atoms in total. The van der Waals surface area contributed by atoms with E-state index in [1.165, 1.54) is 0 Å². The fraction of sp³-hybridized carbons (Fsp3) is 0.412. The van der Waals surface area contributed by atoms with Crippen molar-refractivity contribution in [2.45, 2.75) is 32.4 Å². The quantitative estimate of drug-likeness (QED) is 0.877. The van der Waals surface area contributed by atoms with Crippen LogP contribution in [0, 0.1) is 0 Å². The summed E-state index contributed by atoms with van der Waals surface area (Å²) in [7, 11) is 1.00.